The van der Waals surface area contributed by atoms with Crippen LogP contribution in [0, 0.1) is 5.92 Å². The Morgan fingerprint density at radius 1 is 1.27 bits per heavy atom. The summed E-state index contributed by atoms with van der Waals surface area (Å²) >= 11 is 0. The summed E-state index contributed by atoms with van der Waals surface area (Å²) in [6.45, 7) is 3.59. The summed E-state index contributed by atoms with van der Waals surface area (Å²) in [5, 5.41) is 12.6. The molecule has 1 aliphatic rings. The molecule has 4 rings (SSSR count). The third-order valence-electron chi connectivity index (χ3n) is 4.68. The lowest BCUT2D eigenvalue weighted by Gasteiger charge is -2.31. The molecule has 0 aliphatic carbocycles. The van der Waals surface area contributed by atoms with Gasteiger partial charge in [-0.15, -0.1) is 10.2 Å². The SMILES string of the molecule is COc1ccccc1-c1nnc(CN2CCC[C@H](Cn3cncn3)C2)o1. The molecule has 0 bridgehead atoms. The van der Waals surface area contributed by atoms with Gasteiger partial charge in [-0.05, 0) is 37.4 Å². The van der Waals surface area contributed by atoms with Crippen molar-refractivity contribution in [3.05, 3.63) is 42.8 Å². The standard InChI is InChI=1S/C18H22N6O2/c1-25-16-7-3-2-6-15(16)18-22-21-17(26-18)11-23-8-4-5-14(9-23)10-24-13-19-12-20-24/h2-3,6-7,12-14H,4-5,8-11H2,1H3/t14-/m0/s1. The number of hydrogen-bond donors (Lipinski definition) is 0. The first kappa shape index (κ1) is 16.7. The average molecular weight is 354 g/mol. The Balaban J connectivity index is 1.40. The summed E-state index contributed by atoms with van der Waals surface area (Å²) in [4.78, 5) is 6.38. The molecule has 0 N–H and O–H groups in total. The van der Waals surface area contributed by atoms with Gasteiger partial charge in [-0.1, -0.05) is 12.1 Å². The molecule has 3 aromatic rings. The van der Waals surface area contributed by atoms with Crippen molar-refractivity contribution in [3.8, 4) is 17.2 Å². The first-order valence-electron chi connectivity index (χ1n) is 8.82. The molecule has 136 valence electrons. The molecule has 1 aliphatic heterocycles. The van der Waals surface area contributed by atoms with Crippen LogP contribution in [0.25, 0.3) is 11.5 Å². The quantitative estimate of drug-likeness (QED) is 0.671. The number of aromatic nitrogens is 5. The van der Waals surface area contributed by atoms with Crippen molar-refractivity contribution >= 4 is 0 Å². The number of para-hydroxylation sites is 1. The van der Waals surface area contributed by atoms with E-state index in [1.807, 2.05) is 28.9 Å². The number of rotatable bonds is 6. The Bertz CT molecular complexity index is 832. The summed E-state index contributed by atoms with van der Waals surface area (Å²) < 4.78 is 13.2. The molecule has 1 saturated heterocycles. The minimum absolute atomic E-state index is 0.494. The highest BCUT2D eigenvalue weighted by Crippen LogP contribution is 2.29. The predicted octanol–water partition coefficient (Wildman–Crippen LogP) is 2.25. The van der Waals surface area contributed by atoms with Gasteiger partial charge in [0.2, 0.25) is 5.89 Å². The van der Waals surface area contributed by atoms with E-state index in [2.05, 4.69) is 25.2 Å². The van der Waals surface area contributed by atoms with Crippen molar-refractivity contribution < 1.29 is 9.15 Å². The molecular formula is C18H22N6O2. The second kappa shape index (κ2) is 7.65. The number of nitrogens with zero attached hydrogens (tertiary/aromatic N) is 6. The van der Waals surface area contributed by atoms with Crippen molar-refractivity contribution in [2.24, 2.45) is 5.92 Å². The van der Waals surface area contributed by atoms with E-state index in [0.29, 0.717) is 24.2 Å². The summed E-state index contributed by atoms with van der Waals surface area (Å²) in [7, 11) is 1.64. The molecule has 8 nitrogen and oxygen atoms in total. The van der Waals surface area contributed by atoms with Crippen LogP contribution >= 0.6 is 0 Å². The second-order valence-electron chi connectivity index (χ2n) is 6.56. The van der Waals surface area contributed by atoms with Crippen LogP contribution in [0.2, 0.25) is 0 Å². The van der Waals surface area contributed by atoms with Crippen molar-refractivity contribution in [1.82, 2.24) is 29.9 Å². The Morgan fingerprint density at radius 3 is 3.04 bits per heavy atom. The van der Waals surface area contributed by atoms with E-state index in [1.165, 1.54) is 6.42 Å². The van der Waals surface area contributed by atoms with Gasteiger partial charge in [0, 0.05) is 13.1 Å². The van der Waals surface area contributed by atoms with Gasteiger partial charge in [0.1, 0.15) is 18.4 Å². The highest BCUT2D eigenvalue weighted by Gasteiger charge is 2.22. The number of ether oxygens (including phenoxy) is 1. The van der Waals surface area contributed by atoms with Gasteiger partial charge < -0.3 is 9.15 Å². The lowest BCUT2D eigenvalue weighted by Crippen LogP contribution is -2.36. The maximum atomic E-state index is 5.88. The third kappa shape index (κ3) is 3.75. The van der Waals surface area contributed by atoms with E-state index < -0.39 is 0 Å². The van der Waals surface area contributed by atoms with Crippen LogP contribution in [-0.2, 0) is 13.1 Å². The molecular weight excluding hydrogens is 332 g/mol. The zero-order chi connectivity index (χ0) is 17.8. The molecule has 1 fully saturated rings. The Morgan fingerprint density at radius 2 is 2.19 bits per heavy atom. The van der Waals surface area contributed by atoms with E-state index in [9.17, 15) is 0 Å². The maximum Gasteiger partial charge on any atom is 0.251 e. The first-order valence-corrected chi connectivity index (χ1v) is 8.82. The lowest BCUT2D eigenvalue weighted by atomic mass is 9.98. The molecule has 3 heterocycles. The molecule has 0 unspecified atom stereocenters. The van der Waals surface area contributed by atoms with Crippen LogP contribution in [0.4, 0.5) is 0 Å². The third-order valence-corrected chi connectivity index (χ3v) is 4.68. The Kier molecular flexibility index (Phi) is 4.92. The smallest absolute Gasteiger partial charge is 0.251 e. The largest absolute Gasteiger partial charge is 0.496 e. The minimum atomic E-state index is 0.494. The Labute approximate surface area is 151 Å². The van der Waals surface area contributed by atoms with E-state index in [4.69, 9.17) is 9.15 Å². The number of likely N-dealkylation sites (tertiary alicyclic amines) is 1. The van der Waals surface area contributed by atoms with Crippen molar-refractivity contribution in [3.63, 3.8) is 0 Å². The van der Waals surface area contributed by atoms with Crippen LogP contribution in [0.5, 0.6) is 5.75 Å². The maximum absolute atomic E-state index is 5.88. The molecule has 2 aromatic heterocycles. The van der Waals surface area contributed by atoms with E-state index in [0.717, 1.165) is 37.4 Å². The molecule has 0 amide bonds. The number of hydrogen-bond acceptors (Lipinski definition) is 7. The number of piperidine rings is 1. The normalized spacial score (nSPS) is 18.1. The number of methoxy groups -OCH3 is 1. The highest BCUT2D eigenvalue weighted by atomic mass is 16.5. The van der Waals surface area contributed by atoms with Crippen molar-refractivity contribution in [2.45, 2.75) is 25.9 Å². The zero-order valence-electron chi connectivity index (χ0n) is 14.8. The van der Waals surface area contributed by atoms with Crippen LogP contribution in [-0.4, -0.2) is 50.1 Å². The lowest BCUT2D eigenvalue weighted by molar-refractivity contribution is 0.142. The van der Waals surface area contributed by atoms with Crippen LogP contribution in [0.3, 0.4) is 0 Å². The van der Waals surface area contributed by atoms with Crippen LogP contribution in [0.1, 0.15) is 18.7 Å². The second-order valence-corrected chi connectivity index (χ2v) is 6.56. The molecule has 1 aromatic carbocycles. The van der Waals surface area contributed by atoms with E-state index >= 15 is 0 Å². The molecule has 8 heteroatoms. The zero-order valence-corrected chi connectivity index (χ0v) is 14.8. The number of benzene rings is 1. The van der Waals surface area contributed by atoms with Gasteiger partial charge in [-0.2, -0.15) is 5.10 Å². The molecule has 0 spiro atoms. The van der Waals surface area contributed by atoms with Gasteiger partial charge in [0.05, 0.1) is 19.2 Å². The van der Waals surface area contributed by atoms with Gasteiger partial charge in [-0.25, -0.2) is 4.98 Å². The van der Waals surface area contributed by atoms with Crippen LogP contribution < -0.4 is 4.74 Å². The fraction of sp³-hybridized carbons (Fsp3) is 0.444. The summed E-state index contributed by atoms with van der Waals surface area (Å²) in [5.74, 6) is 2.41. The summed E-state index contributed by atoms with van der Waals surface area (Å²) in [6, 6.07) is 7.66. The minimum Gasteiger partial charge on any atom is -0.496 e. The van der Waals surface area contributed by atoms with Crippen LogP contribution in [0.15, 0.2) is 41.3 Å². The predicted molar refractivity (Wildman–Crippen MR) is 94.3 cm³/mol. The summed E-state index contributed by atoms with van der Waals surface area (Å²) in [5.41, 5.74) is 0.816. The fourth-order valence-electron chi connectivity index (χ4n) is 3.47. The van der Waals surface area contributed by atoms with E-state index in [-0.39, 0.29) is 0 Å². The van der Waals surface area contributed by atoms with Gasteiger partial charge in [0.15, 0.2) is 0 Å². The van der Waals surface area contributed by atoms with Gasteiger partial charge in [-0.3, -0.25) is 9.58 Å². The molecule has 26 heavy (non-hydrogen) atoms. The average Bonchev–Trinajstić information content (AvgIpc) is 3.34. The molecule has 0 radical (unpaired) electrons. The highest BCUT2D eigenvalue weighted by molar-refractivity contribution is 5.62. The first-order chi connectivity index (χ1) is 12.8. The molecule has 0 saturated carbocycles. The van der Waals surface area contributed by atoms with Gasteiger partial charge >= 0.3 is 0 Å². The Hall–Kier alpha value is -2.74. The van der Waals surface area contributed by atoms with Crippen molar-refractivity contribution in [2.75, 3.05) is 20.2 Å². The molecule has 1 atom stereocenters. The topological polar surface area (TPSA) is 82.1 Å². The van der Waals surface area contributed by atoms with E-state index in [1.54, 1.807) is 19.8 Å². The monoisotopic (exact) mass is 354 g/mol. The van der Waals surface area contributed by atoms with Crippen molar-refractivity contribution in [1.29, 1.82) is 0 Å². The van der Waals surface area contributed by atoms with Gasteiger partial charge in [0.25, 0.3) is 5.89 Å². The fourth-order valence-corrected chi connectivity index (χ4v) is 3.47. The summed E-state index contributed by atoms with van der Waals surface area (Å²) in [6.07, 6.45) is 5.72.